The van der Waals surface area contributed by atoms with Crippen molar-refractivity contribution >= 4 is 11.8 Å². The number of nitrogens with one attached hydrogen (secondary N) is 1. The highest BCUT2D eigenvalue weighted by Gasteiger charge is 2.54. The van der Waals surface area contributed by atoms with Crippen LogP contribution in [0.2, 0.25) is 0 Å². The predicted octanol–water partition coefficient (Wildman–Crippen LogP) is 1.63. The van der Waals surface area contributed by atoms with Crippen LogP contribution < -0.4 is 15.9 Å². The van der Waals surface area contributed by atoms with Gasteiger partial charge in [0.2, 0.25) is 0 Å². The van der Waals surface area contributed by atoms with Crippen LogP contribution in [-0.2, 0) is 23.7 Å². The van der Waals surface area contributed by atoms with E-state index < -0.39 is 36.5 Å². The van der Waals surface area contributed by atoms with E-state index >= 15 is 0 Å². The molecule has 2 saturated heterocycles. The first-order valence-corrected chi connectivity index (χ1v) is 10.2. The quantitative estimate of drug-likeness (QED) is 0.477. The standard InChI is InChI=1S/C21H25N3O8/c1-11(2)19(25)29-10-14-16-17(18(30-14)24-9-8-15(23-27)22-21(24)26)32-20(31-16)12-4-6-13(28-3)7-5-12/h4-9,11,14,16-18,20,27H,10H2,1-3H3,(H,22,23,26)/t14-,16-,17-,18-,20?/m1/s1. The Hall–Kier alpha value is -2.99. The predicted molar refractivity (Wildman–Crippen MR) is 109 cm³/mol. The van der Waals surface area contributed by atoms with Crippen molar-refractivity contribution in [3.05, 3.63) is 52.6 Å². The molecule has 2 aromatic rings. The molecular weight excluding hydrogens is 422 g/mol. The number of esters is 1. The summed E-state index contributed by atoms with van der Waals surface area (Å²) < 4.78 is 30.1. The van der Waals surface area contributed by atoms with E-state index in [0.717, 1.165) is 5.56 Å². The van der Waals surface area contributed by atoms with Crippen molar-refractivity contribution in [1.29, 1.82) is 0 Å². The second-order valence-electron chi connectivity index (χ2n) is 7.77. The molecule has 0 bridgehead atoms. The van der Waals surface area contributed by atoms with Crippen LogP contribution in [0.5, 0.6) is 5.75 Å². The average molecular weight is 447 g/mol. The van der Waals surface area contributed by atoms with E-state index in [1.807, 2.05) is 17.6 Å². The molecule has 172 valence electrons. The van der Waals surface area contributed by atoms with Crippen LogP contribution in [0.25, 0.3) is 0 Å². The van der Waals surface area contributed by atoms with E-state index in [2.05, 4.69) is 4.98 Å². The molecule has 32 heavy (non-hydrogen) atoms. The van der Waals surface area contributed by atoms with Crippen molar-refractivity contribution in [3.63, 3.8) is 0 Å². The Morgan fingerprint density at radius 3 is 2.53 bits per heavy atom. The number of methoxy groups -OCH3 is 1. The summed E-state index contributed by atoms with van der Waals surface area (Å²) in [5.41, 5.74) is 1.95. The van der Waals surface area contributed by atoms with Gasteiger partial charge in [0.25, 0.3) is 0 Å². The second-order valence-corrected chi connectivity index (χ2v) is 7.77. The number of rotatable bonds is 7. The molecular formula is C21H25N3O8. The topological polar surface area (TPSA) is 130 Å². The van der Waals surface area contributed by atoms with Gasteiger partial charge in [-0.15, -0.1) is 0 Å². The molecule has 5 atom stereocenters. The van der Waals surface area contributed by atoms with E-state index in [9.17, 15) is 9.59 Å². The van der Waals surface area contributed by atoms with Crippen molar-refractivity contribution in [2.45, 2.75) is 44.7 Å². The molecule has 3 heterocycles. The van der Waals surface area contributed by atoms with Crippen LogP contribution in [0.15, 0.2) is 41.3 Å². The summed E-state index contributed by atoms with van der Waals surface area (Å²) in [6, 6.07) is 8.65. The van der Waals surface area contributed by atoms with E-state index in [-0.39, 0.29) is 24.3 Å². The fraction of sp³-hybridized carbons (Fsp3) is 0.476. The molecule has 2 aliphatic rings. The van der Waals surface area contributed by atoms with Crippen molar-refractivity contribution in [1.82, 2.24) is 9.55 Å². The Balaban J connectivity index is 1.59. The van der Waals surface area contributed by atoms with E-state index in [1.54, 1.807) is 33.1 Å². The molecule has 1 aromatic heterocycles. The fourth-order valence-corrected chi connectivity index (χ4v) is 3.61. The molecule has 2 fully saturated rings. The lowest BCUT2D eigenvalue weighted by Crippen LogP contribution is -2.34. The highest BCUT2D eigenvalue weighted by Crippen LogP contribution is 2.44. The van der Waals surface area contributed by atoms with Crippen LogP contribution in [0.4, 0.5) is 5.82 Å². The molecule has 1 aromatic carbocycles. The van der Waals surface area contributed by atoms with Gasteiger partial charge < -0.3 is 23.7 Å². The Morgan fingerprint density at radius 1 is 1.19 bits per heavy atom. The van der Waals surface area contributed by atoms with Crippen molar-refractivity contribution in [2.24, 2.45) is 5.92 Å². The number of hydrogen-bond acceptors (Lipinski definition) is 10. The zero-order chi connectivity index (χ0) is 22.8. The highest BCUT2D eigenvalue weighted by molar-refractivity contribution is 5.71. The number of carbonyl (C=O) groups is 1. The minimum atomic E-state index is -0.862. The first-order chi connectivity index (χ1) is 15.4. The first-order valence-electron chi connectivity index (χ1n) is 10.2. The van der Waals surface area contributed by atoms with Crippen molar-refractivity contribution in [3.8, 4) is 5.75 Å². The number of carbonyl (C=O) groups excluding carboxylic acids is 1. The maximum Gasteiger partial charge on any atom is 0.351 e. The lowest BCUT2D eigenvalue weighted by Gasteiger charge is -2.22. The van der Waals surface area contributed by atoms with Gasteiger partial charge in [0.05, 0.1) is 13.0 Å². The minimum Gasteiger partial charge on any atom is -0.497 e. The summed E-state index contributed by atoms with van der Waals surface area (Å²) in [6.07, 6.45) is -2.03. The molecule has 2 aliphatic heterocycles. The van der Waals surface area contributed by atoms with Crippen LogP contribution >= 0.6 is 0 Å². The van der Waals surface area contributed by atoms with Gasteiger partial charge in [-0.3, -0.25) is 20.0 Å². The van der Waals surface area contributed by atoms with Gasteiger partial charge in [-0.1, -0.05) is 26.0 Å². The number of nitrogens with zero attached hydrogens (tertiary/aromatic N) is 2. The first kappa shape index (κ1) is 22.2. The summed E-state index contributed by atoms with van der Waals surface area (Å²) in [6.45, 7) is 3.42. The average Bonchev–Trinajstić information content (AvgIpc) is 3.37. The molecule has 0 saturated carbocycles. The number of anilines is 1. The summed E-state index contributed by atoms with van der Waals surface area (Å²) in [5.74, 6) is 0.0438. The van der Waals surface area contributed by atoms with Gasteiger partial charge in [-0.25, -0.2) is 4.79 Å². The summed E-state index contributed by atoms with van der Waals surface area (Å²) in [5, 5.41) is 8.98. The molecule has 0 aliphatic carbocycles. The lowest BCUT2D eigenvalue weighted by molar-refractivity contribution is -0.169. The zero-order valence-electron chi connectivity index (χ0n) is 17.8. The van der Waals surface area contributed by atoms with Gasteiger partial charge in [0.1, 0.15) is 30.7 Å². The Morgan fingerprint density at radius 2 is 1.91 bits per heavy atom. The van der Waals surface area contributed by atoms with E-state index in [1.165, 1.54) is 16.8 Å². The van der Waals surface area contributed by atoms with Gasteiger partial charge in [0.15, 0.2) is 18.3 Å². The number of ether oxygens (including phenoxy) is 5. The fourth-order valence-electron chi connectivity index (χ4n) is 3.61. The Labute approximate surface area is 183 Å². The monoisotopic (exact) mass is 447 g/mol. The number of fused-ring (bicyclic) bond motifs is 1. The maximum absolute atomic E-state index is 12.5. The van der Waals surface area contributed by atoms with Crippen LogP contribution in [0, 0.1) is 5.92 Å². The van der Waals surface area contributed by atoms with Gasteiger partial charge in [0, 0.05) is 11.8 Å². The third-order valence-electron chi connectivity index (χ3n) is 5.31. The van der Waals surface area contributed by atoms with Crippen molar-refractivity contribution < 1.29 is 33.7 Å². The third-order valence-corrected chi connectivity index (χ3v) is 5.31. The summed E-state index contributed by atoms with van der Waals surface area (Å²) in [7, 11) is 1.58. The third kappa shape index (κ3) is 4.32. The highest BCUT2D eigenvalue weighted by atomic mass is 16.8. The largest absolute Gasteiger partial charge is 0.497 e. The molecule has 2 N–H and O–H groups in total. The number of benzene rings is 1. The molecule has 4 rings (SSSR count). The Bertz CT molecular complexity index is 1010. The van der Waals surface area contributed by atoms with Crippen molar-refractivity contribution in [2.75, 3.05) is 19.2 Å². The van der Waals surface area contributed by atoms with E-state index in [0.29, 0.717) is 5.75 Å². The van der Waals surface area contributed by atoms with Crippen LogP contribution in [-0.4, -0.2) is 52.8 Å². The molecule has 0 radical (unpaired) electrons. The number of hydrogen-bond donors (Lipinski definition) is 2. The van der Waals surface area contributed by atoms with E-state index in [4.69, 9.17) is 28.9 Å². The molecule has 0 spiro atoms. The molecule has 11 nitrogen and oxygen atoms in total. The molecule has 0 amide bonds. The SMILES string of the molecule is COc1ccc(C2O[C@@H]3[C@H](O2)[C@@H](COC(=O)C(C)C)O[C@H]3n2ccc(NO)nc2=O)cc1. The number of aromatic nitrogens is 2. The molecule has 11 heteroatoms. The van der Waals surface area contributed by atoms with Gasteiger partial charge in [-0.05, 0) is 18.2 Å². The zero-order valence-corrected chi connectivity index (χ0v) is 17.8. The van der Waals surface area contributed by atoms with Crippen LogP contribution in [0.1, 0.15) is 31.9 Å². The minimum absolute atomic E-state index is 0.00269. The van der Waals surface area contributed by atoms with Gasteiger partial charge >= 0.3 is 11.7 Å². The summed E-state index contributed by atoms with van der Waals surface area (Å²) >= 11 is 0. The maximum atomic E-state index is 12.5. The van der Waals surface area contributed by atoms with Crippen LogP contribution in [0.3, 0.4) is 0 Å². The smallest absolute Gasteiger partial charge is 0.351 e. The normalized spacial score (nSPS) is 26.7. The van der Waals surface area contributed by atoms with Gasteiger partial charge in [-0.2, -0.15) is 4.98 Å². The Kier molecular flexibility index (Phi) is 6.42. The molecule has 1 unspecified atom stereocenters. The summed E-state index contributed by atoms with van der Waals surface area (Å²) in [4.78, 5) is 28.2. The second kappa shape index (κ2) is 9.25. The lowest BCUT2D eigenvalue weighted by atomic mass is 10.1.